The highest BCUT2D eigenvalue weighted by atomic mass is 14.3. The van der Waals surface area contributed by atoms with Gasteiger partial charge in [0.15, 0.2) is 0 Å². The molecule has 26 heavy (non-hydrogen) atoms. The van der Waals surface area contributed by atoms with Crippen molar-refractivity contribution in [3.8, 4) is 46.5 Å². The van der Waals surface area contributed by atoms with E-state index < -0.39 is 0 Å². The lowest BCUT2D eigenvalue weighted by molar-refractivity contribution is 1.37. The molecule has 0 aromatic heterocycles. The average Bonchev–Trinajstić information content (AvgIpc) is 2.72. The normalized spacial score (nSPS) is 9.38. The molecular formula is C22H10N4. The van der Waals surface area contributed by atoms with Crippen molar-refractivity contribution in [3.63, 3.8) is 0 Å². The molecule has 4 heteroatoms. The molecule has 4 nitrogen and oxygen atoms in total. The lowest BCUT2D eigenvalue weighted by Crippen LogP contribution is -1.98. The first-order chi connectivity index (χ1) is 12.7. The van der Waals surface area contributed by atoms with Crippen LogP contribution in [0.1, 0.15) is 22.3 Å². The average molecular weight is 330 g/mol. The fraction of sp³-hybridized carbons (Fsp3) is 0. The van der Waals surface area contributed by atoms with Gasteiger partial charge in [-0.2, -0.15) is 21.0 Å². The van der Waals surface area contributed by atoms with E-state index in [4.69, 9.17) is 0 Å². The molecule has 118 valence electrons. The second kappa shape index (κ2) is 7.02. The first-order valence-corrected chi connectivity index (χ1v) is 7.70. The van der Waals surface area contributed by atoms with Crippen LogP contribution >= 0.6 is 0 Å². The fourth-order valence-corrected chi connectivity index (χ4v) is 2.84. The molecule has 0 bridgehead atoms. The minimum absolute atomic E-state index is 0.0881. The van der Waals surface area contributed by atoms with E-state index in [9.17, 15) is 21.0 Å². The molecule has 0 saturated heterocycles. The summed E-state index contributed by atoms with van der Waals surface area (Å²) in [6, 6.07) is 26.3. The Labute approximate surface area is 151 Å². The Morgan fingerprint density at radius 2 is 0.962 bits per heavy atom. The van der Waals surface area contributed by atoms with Gasteiger partial charge in [-0.05, 0) is 22.8 Å². The molecule has 0 aliphatic heterocycles. The Morgan fingerprint density at radius 3 is 1.42 bits per heavy atom. The molecular weight excluding hydrogens is 320 g/mol. The third-order valence-electron chi connectivity index (χ3n) is 4.07. The highest BCUT2D eigenvalue weighted by Gasteiger charge is 2.19. The van der Waals surface area contributed by atoms with Crippen LogP contribution in [0.3, 0.4) is 0 Å². The minimum Gasteiger partial charge on any atom is -0.192 e. The van der Waals surface area contributed by atoms with Crippen LogP contribution in [0.4, 0.5) is 0 Å². The van der Waals surface area contributed by atoms with Crippen LogP contribution in [-0.2, 0) is 0 Å². The Balaban J connectivity index is 2.24. The van der Waals surface area contributed by atoms with Crippen LogP contribution in [0.25, 0.3) is 22.3 Å². The van der Waals surface area contributed by atoms with E-state index in [-0.39, 0.29) is 22.3 Å². The van der Waals surface area contributed by atoms with Crippen LogP contribution in [0.5, 0.6) is 0 Å². The van der Waals surface area contributed by atoms with Crippen molar-refractivity contribution in [2.24, 2.45) is 0 Å². The summed E-state index contributed by atoms with van der Waals surface area (Å²) in [6.07, 6.45) is 0. The third-order valence-corrected chi connectivity index (χ3v) is 4.07. The number of hydrogen-bond donors (Lipinski definition) is 0. The van der Waals surface area contributed by atoms with E-state index in [2.05, 4.69) is 0 Å². The smallest absolute Gasteiger partial charge is 0.101 e. The van der Waals surface area contributed by atoms with Crippen LogP contribution in [-0.4, -0.2) is 0 Å². The van der Waals surface area contributed by atoms with E-state index in [1.54, 1.807) is 12.1 Å². The van der Waals surface area contributed by atoms with Gasteiger partial charge in [0.05, 0.1) is 22.3 Å². The van der Waals surface area contributed by atoms with Gasteiger partial charge < -0.3 is 0 Å². The molecule has 0 atom stereocenters. The molecule has 3 aromatic rings. The minimum atomic E-state index is 0.0881. The lowest BCUT2D eigenvalue weighted by Gasteiger charge is -2.11. The second-order valence-corrected chi connectivity index (χ2v) is 5.49. The van der Waals surface area contributed by atoms with Gasteiger partial charge in [-0.3, -0.25) is 0 Å². The van der Waals surface area contributed by atoms with Crippen molar-refractivity contribution < 1.29 is 0 Å². The summed E-state index contributed by atoms with van der Waals surface area (Å²) in [6.45, 7) is 0. The zero-order valence-electron chi connectivity index (χ0n) is 13.6. The highest BCUT2D eigenvalue weighted by Crippen LogP contribution is 2.33. The molecule has 0 aliphatic rings. The van der Waals surface area contributed by atoms with Crippen LogP contribution < -0.4 is 0 Å². The van der Waals surface area contributed by atoms with Crippen molar-refractivity contribution in [2.45, 2.75) is 0 Å². The predicted molar refractivity (Wildman–Crippen MR) is 96.2 cm³/mol. The van der Waals surface area contributed by atoms with Crippen molar-refractivity contribution in [2.75, 3.05) is 0 Å². The number of nitriles is 4. The third kappa shape index (κ3) is 2.76. The zero-order valence-corrected chi connectivity index (χ0v) is 13.6. The molecule has 0 spiro atoms. The van der Waals surface area contributed by atoms with Gasteiger partial charge in [0.2, 0.25) is 0 Å². The molecule has 0 saturated carbocycles. The van der Waals surface area contributed by atoms with Gasteiger partial charge in [0.25, 0.3) is 0 Å². The summed E-state index contributed by atoms with van der Waals surface area (Å²) in [5, 5.41) is 37.6. The quantitative estimate of drug-likeness (QED) is 0.690. The summed E-state index contributed by atoms with van der Waals surface area (Å²) in [5.74, 6) is 0. The molecule has 0 fully saturated rings. The molecule has 0 unspecified atom stereocenters. The Kier molecular flexibility index (Phi) is 4.45. The molecule has 0 amide bonds. The van der Waals surface area contributed by atoms with Gasteiger partial charge in [0.1, 0.15) is 24.3 Å². The summed E-state index contributed by atoms with van der Waals surface area (Å²) in [4.78, 5) is 0. The van der Waals surface area contributed by atoms with Crippen molar-refractivity contribution >= 4 is 0 Å². The maximum Gasteiger partial charge on any atom is 0.101 e. The van der Waals surface area contributed by atoms with Gasteiger partial charge in [-0.25, -0.2) is 0 Å². The summed E-state index contributed by atoms with van der Waals surface area (Å²) in [7, 11) is 0. The maximum absolute atomic E-state index is 9.51. The summed E-state index contributed by atoms with van der Waals surface area (Å²) in [5.41, 5.74) is 3.37. The second-order valence-electron chi connectivity index (χ2n) is 5.49. The molecule has 0 N–H and O–H groups in total. The summed E-state index contributed by atoms with van der Waals surface area (Å²) >= 11 is 0. The van der Waals surface area contributed by atoms with Gasteiger partial charge in [-0.15, -0.1) is 0 Å². The number of hydrogen-bond acceptors (Lipinski definition) is 4. The SMILES string of the molecule is N#Cc1cc(C#N)c(C#N)c(-c2ccc(-c3ccccc3)cc2)c1C#N. The van der Waals surface area contributed by atoms with E-state index in [0.29, 0.717) is 11.1 Å². The van der Waals surface area contributed by atoms with Crippen LogP contribution in [0, 0.1) is 45.3 Å². The lowest BCUT2D eigenvalue weighted by atomic mass is 9.88. The Bertz CT molecular complexity index is 1100. The van der Waals surface area contributed by atoms with E-state index in [1.165, 1.54) is 6.07 Å². The Morgan fingerprint density at radius 1 is 0.500 bits per heavy atom. The monoisotopic (exact) mass is 330 g/mol. The zero-order chi connectivity index (χ0) is 18.5. The highest BCUT2D eigenvalue weighted by molar-refractivity contribution is 5.83. The predicted octanol–water partition coefficient (Wildman–Crippen LogP) is 4.51. The summed E-state index contributed by atoms with van der Waals surface area (Å²) < 4.78 is 0. The molecule has 0 radical (unpaired) electrons. The molecule has 3 aromatic carbocycles. The molecule has 0 heterocycles. The first kappa shape index (κ1) is 16.5. The van der Waals surface area contributed by atoms with Gasteiger partial charge >= 0.3 is 0 Å². The maximum atomic E-state index is 9.51. The fourth-order valence-electron chi connectivity index (χ4n) is 2.84. The van der Waals surface area contributed by atoms with Gasteiger partial charge in [0, 0.05) is 5.56 Å². The largest absolute Gasteiger partial charge is 0.192 e. The number of rotatable bonds is 2. The standard InChI is InChI=1S/C22H10N4/c23-11-18-10-19(12-24)21(14-26)22(20(18)13-25)17-8-6-16(7-9-17)15-4-2-1-3-5-15/h1-10H. The number of benzene rings is 3. The van der Waals surface area contributed by atoms with E-state index >= 15 is 0 Å². The molecule has 0 aliphatic carbocycles. The van der Waals surface area contributed by atoms with E-state index in [1.807, 2.05) is 66.7 Å². The van der Waals surface area contributed by atoms with Crippen molar-refractivity contribution in [1.29, 1.82) is 21.0 Å². The van der Waals surface area contributed by atoms with Crippen LogP contribution in [0.15, 0.2) is 60.7 Å². The molecule has 3 rings (SSSR count). The first-order valence-electron chi connectivity index (χ1n) is 7.70. The van der Waals surface area contributed by atoms with Gasteiger partial charge in [-0.1, -0.05) is 54.6 Å². The number of nitrogens with zero attached hydrogens (tertiary/aromatic N) is 4. The van der Waals surface area contributed by atoms with E-state index in [0.717, 1.165) is 11.1 Å². The van der Waals surface area contributed by atoms with Crippen molar-refractivity contribution in [3.05, 3.63) is 82.9 Å². The Hall–Kier alpha value is -4.38. The van der Waals surface area contributed by atoms with Crippen molar-refractivity contribution in [1.82, 2.24) is 0 Å². The topological polar surface area (TPSA) is 95.2 Å². The van der Waals surface area contributed by atoms with Crippen LogP contribution in [0.2, 0.25) is 0 Å².